The fourth-order valence-electron chi connectivity index (χ4n) is 2.59. The van der Waals surface area contributed by atoms with Crippen molar-refractivity contribution in [3.05, 3.63) is 42.1 Å². The number of hydrogen-bond donors (Lipinski definition) is 2. The number of benzene rings is 1. The molecule has 1 fully saturated rings. The normalized spacial score (nSPS) is 15.4. The van der Waals surface area contributed by atoms with Crippen LogP contribution in [-0.4, -0.2) is 26.8 Å². The van der Waals surface area contributed by atoms with Crippen molar-refractivity contribution in [1.29, 1.82) is 0 Å². The van der Waals surface area contributed by atoms with Gasteiger partial charge in [0.25, 0.3) is 0 Å². The lowest BCUT2D eigenvalue weighted by Gasteiger charge is -2.23. The van der Waals surface area contributed by atoms with E-state index in [1.165, 1.54) is 4.68 Å². The Morgan fingerprint density at radius 2 is 2.04 bits per heavy atom. The largest absolute Gasteiger partial charge is 0.348 e. The van der Waals surface area contributed by atoms with E-state index in [0.29, 0.717) is 5.82 Å². The maximum absolute atomic E-state index is 12.1. The molecule has 126 valence electrons. The van der Waals surface area contributed by atoms with Gasteiger partial charge in [-0.15, -0.1) is 5.10 Å². The van der Waals surface area contributed by atoms with E-state index in [0.717, 1.165) is 24.8 Å². The Labute approximate surface area is 140 Å². The van der Waals surface area contributed by atoms with E-state index in [4.69, 9.17) is 0 Å². The Morgan fingerprint density at radius 1 is 1.29 bits per heavy atom. The summed E-state index contributed by atoms with van der Waals surface area (Å²) in [6, 6.07) is 9.66. The van der Waals surface area contributed by atoms with Gasteiger partial charge in [-0.05, 0) is 25.3 Å². The van der Waals surface area contributed by atoms with E-state index in [1.54, 1.807) is 6.20 Å². The Bertz CT molecular complexity index is 709. The van der Waals surface area contributed by atoms with E-state index in [1.807, 2.05) is 37.3 Å². The number of nitrogens with one attached hydrogen (secondary N) is 2. The number of aromatic nitrogens is 3. The van der Waals surface area contributed by atoms with Crippen LogP contribution < -0.4 is 10.6 Å². The summed E-state index contributed by atoms with van der Waals surface area (Å²) in [4.78, 5) is 24.0. The minimum absolute atomic E-state index is 0.0181. The highest BCUT2D eigenvalue weighted by Gasteiger charge is 2.25. The lowest BCUT2D eigenvalue weighted by atomic mass is 9.85. The highest BCUT2D eigenvalue weighted by Crippen LogP contribution is 2.27. The Kier molecular flexibility index (Phi) is 4.88. The van der Waals surface area contributed by atoms with Crippen LogP contribution in [0.3, 0.4) is 0 Å². The molecule has 1 atom stereocenters. The van der Waals surface area contributed by atoms with Gasteiger partial charge in [0.1, 0.15) is 6.54 Å². The molecule has 1 aromatic heterocycles. The monoisotopic (exact) mass is 327 g/mol. The molecule has 3 rings (SSSR count). The second-order valence-corrected chi connectivity index (χ2v) is 6.12. The van der Waals surface area contributed by atoms with Crippen LogP contribution in [0, 0.1) is 5.92 Å². The summed E-state index contributed by atoms with van der Waals surface area (Å²) in [7, 11) is 0. The predicted molar refractivity (Wildman–Crippen MR) is 89.0 cm³/mol. The number of amides is 2. The first-order valence-corrected chi connectivity index (χ1v) is 8.17. The Morgan fingerprint density at radius 3 is 2.71 bits per heavy atom. The molecule has 2 N–H and O–H groups in total. The summed E-state index contributed by atoms with van der Waals surface area (Å²) in [5.74, 6) is 0.296. The first-order chi connectivity index (χ1) is 11.6. The van der Waals surface area contributed by atoms with Gasteiger partial charge in [0.15, 0.2) is 5.82 Å². The fourth-order valence-corrected chi connectivity index (χ4v) is 2.59. The first kappa shape index (κ1) is 16.2. The summed E-state index contributed by atoms with van der Waals surface area (Å²) >= 11 is 0. The molecule has 0 bridgehead atoms. The maximum Gasteiger partial charge on any atom is 0.242 e. The third kappa shape index (κ3) is 3.98. The molecule has 1 unspecified atom stereocenters. The van der Waals surface area contributed by atoms with Gasteiger partial charge in [-0.1, -0.05) is 42.0 Å². The number of nitrogens with zero attached hydrogens (tertiary/aromatic N) is 3. The van der Waals surface area contributed by atoms with Crippen LogP contribution in [0.1, 0.15) is 37.8 Å². The molecule has 0 radical (unpaired) electrons. The van der Waals surface area contributed by atoms with Gasteiger partial charge in [0.2, 0.25) is 11.8 Å². The molecule has 1 saturated carbocycles. The Hall–Kier alpha value is -2.70. The number of anilines is 1. The highest BCUT2D eigenvalue weighted by molar-refractivity contribution is 5.92. The maximum atomic E-state index is 12.1. The molecule has 0 aliphatic heterocycles. The second-order valence-electron chi connectivity index (χ2n) is 6.12. The van der Waals surface area contributed by atoms with E-state index < -0.39 is 0 Å². The van der Waals surface area contributed by atoms with Crippen molar-refractivity contribution in [2.75, 3.05) is 5.32 Å². The van der Waals surface area contributed by atoms with Crippen molar-refractivity contribution in [3.63, 3.8) is 0 Å². The second kappa shape index (κ2) is 7.25. The number of carbonyl (C=O) groups is 2. The molecular weight excluding hydrogens is 306 g/mol. The molecule has 2 amide bonds. The zero-order valence-electron chi connectivity index (χ0n) is 13.6. The Balaban J connectivity index is 1.50. The highest BCUT2D eigenvalue weighted by atomic mass is 16.2. The molecule has 0 spiro atoms. The van der Waals surface area contributed by atoms with Crippen molar-refractivity contribution >= 4 is 17.6 Å². The molecule has 7 heteroatoms. The van der Waals surface area contributed by atoms with Crippen molar-refractivity contribution in [3.8, 4) is 0 Å². The van der Waals surface area contributed by atoms with Crippen molar-refractivity contribution in [2.24, 2.45) is 5.92 Å². The number of hydrogen-bond acceptors (Lipinski definition) is 4. The molecule has 1 aliphatic rings. The van der Waals surface area contributed by atoms with Crippen molar-refractivity contribution in [1.82, 2.24) is 20.3 Å². The summed E-state index contributed by atoms with van der Waals surface area (Å²) < 4.78 is 1.42. The third-order valence-electron chi connectivity index (χ3n) is 4.25. The fraction of sp³-hybridized carbons (Fsp3) is 0.412. The quantitative estimate of drug-likeness (QED) is 0.848. The molecule has 0 saturated heterocycles. The molecule has 1 aliphatic carbocycles. The van der Waals surface area contributed by atoms with Gasteiger partial charge >= 0.3 is 0 Å². The van der Waals surface area contributed by atoms with E-state index in [9.17, 15) is 9.59 Å². The standard InChI is InChI=1S/C17H21N5O2/c1-12(13-6-3-2-4-7-13)18-16(23)11-22-10-15(20-21-22)19-17(24)14-8-5-9-14/h2-4,6-7,10,12,14H,5,8-9,11H2,1H3,(H,18,23)(H,19,24). The van der Waals surface area contributed by atoms with Gasteiger partial charge in [-0.3, -0.25) is 9.59 Å². The van der Waals surface area contributed by atoms with Gasteiger partial charge in [0, 0.05) is 5.92 Å². The average molecular weight is 327 g/mol. The SMILES string of the molecule is CC(NC(=O)Cn1cc(NC(=O)C2CCC2)nn1)c1ccccc1. The van der Waals surface area contributed by atoms with Crippen molar-refractivity contribution < 1.29 is 9.59 Å². The lowest BCUT2D eigenvalue weighted by molar-refractivity contribution is -0.123. The minimum atomic E-state index is -0.159. The van der Waals surface area contributed by atoms with Gasteiger partial charge in [0.05, 0.1) is 12.2 Å². The summed E-state index contributed by atoms with van der Waals surface area (Å²) in [6.45, 7) is 1.99. The molecule has 1 aromatic carbocycles. The van der Waals surface area contributed by atoms with Crippen LogP contribution in [0.4, 0.5) is 5.82 Å². The molecule has 7 nitrogen and oxygen atoms in total. The van der Waals surface area contributed by atoms with Crippen LogP contribution in [-0.2, 0) is 16.1 Å². The van der Waals surface area contributed by atoms with E-state index >= 15 is 0 Å². The van der Waals surface area contributed by atoms with Gasteiger partial charge in [-0.25, -0.2) is 4.68 Å². The zero-order chi connectivity index (χ0) is 16.9. The van der Waals surface area contributed by atoms with Gasteiger partial charge < -0.3 is 10.6 Å². The minimum Gasteiger partial charge on any atom is -0.348 e. The number of carbonyl (C=O) groups excluding carboxylic acids is 2. The summed E-state index contributed by atoms with van der Waals surface area (Å²) in [5, 5.41) is 13.4. The van der Waals surface area contributed by atoms with Gasteiger partial charge in [-0.2, -0.15) is 0 Å². The van der Waals surface area contributed by atoms with E-state index in [2.05, 4.69) is 20.9 Å². The van der Waals surface area contributed by atoms with Crippen LogP contribution in [0.15, 0.2) is 36.5 Å². The van der Waals surface area contributed by atoms with Crippen LogP contribution in [0.5, 0.6) is 0 Å². The summed E-state index contributed by atoms with van der Waals surface area (Å²) in [5.41, 5.74) is 1.04. The lowest BCUT2D eigenvalue weighted by Crippen LogP contribution is -2.30. The van der Waals surface area contributed by atoms with E-state index in [-0.39, 0.29) is 30.3 Å². The topological polar surface area (TPSA) is 88.9 Å². The molecule has 24 heavy (non-hydrogen) atoms. The first-order valence-electron chi connectivity index (χ1n) is 8.17. The van der Waals surface area contributed by atoms with Crippen molar-refractivity contribution in [2.45, 2.75) is 38.8 Å². The van der Waals surface area contributed by atoms with Crippen LogP contribution >= 0.6 is 0 Å². The van der Waals surface area contributed by atoms with Crippen LogP contribution in [0.2, 0.25) is 0 Å². The molecule has 2 aromatic rings. The zero-order valence-corrected chi connectivity index (χ0v) is 13.6. The third-order valence-corrected chi connectivity index (χ3v) is 4.25. The number of rotatable bonds is 6. The summed E-state index contributed by atoms with van der Waals surface area (Å²) in [6.07, 6.45) is 4.54. The molecular formula is C17H21N5O2. The predicted octanol–water partition coefficient (Wildman–Crippen LogP) is 1.89. The van der Waals surface area contributed by atoms with Crippen LogP contribution in [0.25, 0.3) is 0 Å². The molecule has 1 heterocycles. The smallest absolute Gasteiger partial charge is 0.242 e. The average Bonchev–Trinajstić information content (AvgIpc) is 2.93.